The van der Waals surface area contributed by atoms with Crippen LogP contribution in [-0.2, 0) is 0 Å². The summed E-state index contributed by atoms with van der Waals surface area (Å²) in [6.07, 6.45) is 3.14. The minimum absolute atomic E-state index is 0.0567. The number of ketones is 1. The summed E-state index contributed by atoms with van der Waals surface area (Å²) in [6.45, 7) is 0. The summed E-state index contributed by atoms with van der Waals surface area (Å²) in [4.78, 5) is 12.3. The average Bonchev–Trinajstić information content (AvgIpc) is 2.67. The number of anilines is 1. The molecule has 0 bridgehead atoms. The van der Waals surface area contributed by atoms with E-state index in [0.717, 1.165) is 16.5 Å². The van der Waals surface area contributed by atoms with Gasteiger partial charge in [0.25, 0.3) is 0 Å². The zero-order valence-electron chi connectivity index (χ0n) is 14.2. The van der Waals surface area contributed by atoms with Crippen LogP contribution in [0, 0.1) is 0 Å². The maximum atomic E-state index is 12.3. The van der Waals surface area contributed by atoms with Gasteiger partial charge in [-0.25, -0.2) is 0 Å². The molecule has 0 atom stereocenters. The van der Waals surface area contributed by atoms with Gasteiger partial charge in [-0.15, -0.1) is 0 Å². The van der Waals surface area contributed by atoms with Crippen LogP contribution in [0.15, 0.2) is 72.9 Å². The predicted octanol–water partition coefficient (Wildman–Crippen LogP) is 4.67. The van der Waals surface area contributed by atoms with Gasteiger partial charge in [0.1, 0.15) is 0 Å². The van der Waals surface area contributed by atoms with Crippen LogP contribution in [0.5, 0.6) is 11.5 Å². The van der Waals surface area contributed by atoms with Crippen molar-refractivity contribution in [3.8, 4) is 11.5 Å². The number of hydrogen-bond donors (Lipinski definition) is 1. The van der Waals surface area contributed by atoms with Crippen molar-refractivity contribution in [2.45, 2.75) is 0 Å². The zero-order chi connectivity index (χ0) is 17.6. The van der Waals surface area contributed by atoms with Crippen molar-refractivity contribution in [3.05, 3.63) is 78.5 Å². The Bertz CT molecular complexity index is 931. The molecule has 0 radical (unpaired) electrons. The fourth-order valence-corrected chi connectivity index (χ4v) is 2.58. The first-order chi connectivity index (χ1) is 12.2. The van der Waals surface area contributed by atoms with Crippen molar-refractivity contribution in [3.63, 3.8) is 0 Å². The molecule has 0 unspecified atom stereocenters. The minimum Gasteiger partial charge on any atom is -0.493 e. The summed E-state index contributed by atoms with van der Waals surface area (Å²) >= 11 is 0. The Hall–Kier alpha value is -3.27. The van der Waals surface area contributed by atoms with Gasteiger partial charge in [-0.3, -0.25) is 4.79 Å². The molecule has 0 amide bonds. The van der Waals surface area contributed by atoms with Gasteiger partial charge in [0.15, 0.2) is 17.3 Å². The van der Waals surface area contributed by atoms with Crippen LogP contribution >= 0.6 is 0 Å². The fraction of sp³-hybridized carbons (Fsp3) is 0.0952. The maximum Gasteiger partial charge on any atom is 0.187 e. The molecule has 0 aliphatic carbocycles. The second-order valence-corrected chi connectivity index (χ2v) is 5.47. The summed E-state index contributed by atoms with van der Waals surface area (Å²) in [5, 5.41) is 5.24. The Labute approximate surface area is 146 Å². The molecule has 0 spiro atoms. The van der Waals surface area contributed by atoms with Crippen LogP contribution in [0.1, 0.15) is 10.4 Å². The molecular weight excluding hydrogens is 314 g/mol. The molecule has 1 N–H and O–H groups in total. The standard InChI is InChI=1S/C21H19NO3/c1-24-20-10-9-18(14-21(20)25-2)22-12-11-19(23)17-8-7-15-5-3-4-6-16(15)13-17/h3-14,22H,1-2H3/b12-11+. The molecule has 0 aliphatic rings. The van der Waals surface area contributed by atoms with Gasteiger partial charge in [0.05, 0.1) is 14.2 Å². The summed E-state index contributed by atoms with van der Waals surface area (Å²) in [6, 6.07) is 19.1. The lowest BCUT2D eigenvalue weighted by molar-refractivity contribution is 0.104. The van der Waals surface area contributed by atoms with Crippen LogP contribution in [0.25, 0.3) is 10.8 Å². The molecule has 0 heterocycles. The fourth-order valence-electron chi connectivity index (χ4n) is 2.58. The number of hydrogen-bond acceptors (Lipinski definition) is 4. The zero-order valence-corrected chi connectivity index (χ0v) is 14.2. The number of benzene rings is 3. The monoisotopic (exact) mass is 333 g/mol. The number of methoxy groups -OCH3 is 2. The van der Waals surface area contributed by atoms with E-state index in [-0.39, 0.29) is 5.78 Å². The van der Waals surface area contributed by atoms with Crippen molar-refractivity contribution in [1.29, 1.82) is 0 Å². The highest BCUT2D eigenvalue weighted by Gasteiger charge is 2.05. The van der Waals surface area contributed by atoms with Gasteiger partial charge >= 0.3 is 0 Å². The third kappa shape index (κ3) is 3.80. The van der Waals surface area contributed by atoms with Gasteiger partial charge < -0.3 is 14.8 Å². The van der Waals surface area contributed by atoms with Crippen LogP contribution < -0.4 is 14.8 Å². The molecule has 25 heavy (non-hydrogen) atoms. The summed E-state index contributed by atoms with van der Waals surface area (Å²) in [5.41, 5.74) is 1.46. The molecule has 0 aromatic heterocycles. The highest BCUT2D eigenvalue weighted by molar-refractivity contribution is 6.06. The van der Waals surface area contributed by atoms with Crippen molar-refractivity contribution < 1.29 is 14.3 Å². The minimum atomic E-state index is -0.0567. The van der Waals surface area contributed by atoms with E-state index < -0.39 is 0 Å². The number of ether oxygens (including phenoxy) is 2. The van der Waals surface area contributed by atoms with E-state index in [1.165, 1.54) is 6.08 Å². The van der Waals surface area contributed by atoms with Crippen LogP contribution in [0.3, 0.4) is 0 Å². The van der Waals surface area contributed by atoms with E-state index in [4.69, 9.17) is 9.47 Å². The average molecular weight is 333 g/mol. The van der Waals surface area contributed by atoms with Crippen LogP contribution in [0.2, 0.25) is 0 Å². The van der Waals surface area contributed by atoms with Gasteiger partial charge in [0, 0.05) is 29.6 Å². The van der Waals surface area contributed by atoms with E-state index in [9.17, 15) is 4.79 Å². The highest BCUT2D eigenvalue weighted by Crippen LogP contribution is 2.29. The predicted molar refractivity (Wildman–Crippen MR) is 101 cm³/mol. The normalized spacial score (nSPS) is 10.8. The SMILES string of the molecule is COc1ccc(N/C=C/C(=O)c2ccc3ccccc3c2)cc1OC. The number of fused-ring (bicyclic) bond motifs is 1. The molecule has 0 aliphatic heterocycles. The Kier molecular flexibility index (Phi) is 5.00. The van der Waals surface area contributed by atoms with Crippen molar-refractivity contribution in [2.24, 2.45) is 0 Å². The van der Waals surface area contributed by atoms with Crippen LogP contribution in [0.4, 0.5) is 5.69 Å². The van der Waals surface area contributed by atoms with E-state index in [2.05, 4.69) is 5.32 Å². The lowest BCUT2D eigenvalue weighted by atomic mass is 10.0. The van der Waals surface area contributed by atoms with Crippen molar-refractivity contribution in [1.82, 2.24) is 0 Å². The number of nitrogens with one attached hydrogen (secondary N) is 1. The lowest BCUT2D eigenvalue weighted by Crippen LogP contribution is -1.97. The molecule has 0 saturated heterocycles. The first-order valence-electron chi connectivity index (χ1n) is 7.89. The molecule has 3 aromatic rings. The first-order valence-corrected chi connectivity index (χ1v) is 7.89. The smallest absolute Gasteiger partial charge is 0.187 e. The molecule has 3 rings (SSSR count). The second-order valence-electron chi connectivity index (χ2n) is 5.47. The summed E-state index contributed by atoms with van der Waals surface area (Å²) < 4.78 is 10.5. The summed E-state index contributed by atoms with van der Waals surface area (Å²) in [7, 11) is 3.17. The topological polar surface area (TPSA) is 47.6 Å². The van der Waals surface area contributed by atoms with E-state index in [1.54, 1.807) is 26.5 Å². The number of rotatable bonds is 6. The Morgan fingerprint density at radius 1 is 0.880 bits per heavy atom. The molecular formula is C21H19NO3. The third-order valence-electron chi connectivity index (χ3n) is 3.90. The Balaban J connectivity index is 1.71. The largest absolute Gasteiger partial charge is 0.493 e. The Morgan fingerprint density at radius 2 is 1.64 bits per heavy atom. The van der Waals surface area contributed by atoms with Crippen molar-refractivity contribution >= 4 is 22.2 Å². The van der Waals surface area contributed by atoms with Gasteiger partial charge in [-0.05, 0) is 29.0 Å². The van der Waals surface area contributed by atoms with E-state index in [0.29, 0.717) is 17.1 Å². The van der Waals surface area contributed by atoms with Gasteiger partial charge in [-0.2, -0.15) is 0 Å². The number of allylic oxidation sites excluding steroid dienone is 1. The molecule has 3 aromatic carbocycles. The van der Waals surface area contributed by atoms with Gasteiger partial charge in [-0.1, -0.05) is 36.4 Å². The highest BCUT2D eigenvalue weighted by atomic mass is 16.5. The first kappa shape index (κ1) is 16.6. The van der Waals surface area contributed by atoms with Crippen molar-refractivity contribution in [2.75, 3.05) is 19.5 Å². The quantitative estimate of drug-likeness (QED) is 0.526. The van der Waals surface area contributed by atoms with E-state index in [1.807, 2.05) is 54.6 Å². The number of carbonyl (C=O) groups is 1. The molecule has 0 fully saturated rings. The molecule has 4 nitrogen and oxygen atoms in total. The molecule has 126 valence electrons. The summed E-state index contributed by atoms with van der Waals surface area (Å²) in [5.74, 6) is 1.23. The maximum absolute atomic E-state index is 12.3. The van der Waals surface area contributed by atoms with Gasteiger partial charge in [0.2, 0.25) is 0 Å². The van der Waals surface area contributed by atoms with Crippen LogP contribution in [-0.4, -0.2) is 20.0 Å². The molecule has 0 saturated carbocycles. The third-order valence-corrected chi connectivity index (χ3v) is 3.90. The molecule has 4 heteroatoms. The Morgan fingerprint density at radius 3 is 2.40 bits per heavy atom. The lowest BCUT2D eigenvalue weighted by Gasteiger charge is -2.09. The van der Waals surface area contributed by atoms with E-state index >= 15 is 0 Å². The second kappa shape index (κ2) is 7.53. The number of carbonyl (C=O) groups excluding carboxylic acids is 1.